The monoisotopic (exact) mass is 239 g/mol. The molecule has 1 saturated carbocycles. The second-order valence-electron chi connectivity index (χ2n) is 5.13. The molecule has 2 rings (SSSR count). The number of nitrogens with two attached hydrogens (primary N) is 1. The largest absolute Gasteiger partial charge is 0.324 e. The molecule has 3 heteroatoms. The second-order valence-corrected chi connectivity index (χ2v) is 5.13. The van der Waals surface area contributed by atoms with Crippen LogP contribution in [0, 0.1) is 12.8 Å². The Kier molecular flexibility index (Phi) is 3.48. The maximum atomic E-state index is 13.1. The molecule has 1 fully saturated rings. The van der Waals surface area contributed by atoms with Crippen LogP contribution in [0.2, 0.25) is 0 Å². The topological polar surface area (TPSA) is 26.0 Å². The van der Waals surface area contributed by atoms with Crippen LogP contribution in [0.3, 0.4) is 0 Å². The van der Waals surface area contributed by atoms with Gasteiger partial charge in [0.1, 0.15) is 0 Å². The van der Waals surface area contributed by atoms with E-state index in [9.17, 15) is 8.78 Å². The highest BCUT2D eigenvalue weighted by Gasteiger charge is 2.36. The van der Waals surface area contributed by atoms with Crippen LogP contribution < -0.4 is 5.73 Å². The number of rotatable bonds is 2. The molecule has 2 N–H and O–H groups in total. The van der Waals surface area contributed by atoms with E-state index in [0.717, 1.165) is 5.56 Å². The highest BCUT2D eigenvalue weighted by molar-refractivity contribution is 5.24. The Morgan fingerprint density at radius 1 is 1.18 bits per heavy atom. The number of aryl methyl sites for hydroxylation is 1. The number of halogens is 2. The zero-order valence-corrected chi connectivity index (χ0v) is 10.1. The van der Waals surface area contributed by atoms with Crippen molar-refractivity contribution >= 4 is 0 Å². The molecule has 1 aliphatic rings. The summed E-state index contributed by atoms with van der Waals surface area (Å²) in [5.41, 5.74) is 8.42. The molecule has 0 spiro atoms. The first-order valence-electron chi connectivity index (χ1n) is 6.18. The molecule has 0 amide bonds. The Morgan fingerprint density at radius 2 is 1.71 bits per heavy atom. The van der Waals surface area contributed by atoms with Crippen molar-refractivity contribution in [2.45, 2.75) is 44.6 Å². The maximum absolute atomic E-state index is 13.1. The third-order valence-electron chi connectivity index (χ3n) is 3.73. The fraction of sp³-hybridized carbons (Fsp3) is 0.571. The summed E-state index contributed by atoms with van der Waals surface area (Å²) >= 11 is 0. The summed E-state index contributed by atoms with van der Waals surface area (Å²) in [4.78, 5) is 0. The van der Waals surface area contributed by atoms with Crippen molar-refractivity contribution in [2.75, 3.05) is 0 Å². The first kappa shape index (κ1) is 12.5. The summed E-state index contributed by atoms with van der Waals surface area (Å²) < 4.78 is 26.1. The summed E-state index contributed by atoms with van der Waals surface area (Å²) in [7, 11) is 0. The van der Waals surface area contributed by atoms with Gasteiger partial charge in [0.2, 0.25) is 5.92 Å². The van der Waals surface area contributed by atoms with E-state index in [1.165, 1.54) is 5.56 Å². The quantitative estimate of drug-likeness (QED) is 0.834. The van der Waals surface area contributed by atoms with Gasteiger partial charge >= 0.3 is 0 Å². The Balaban J connectivity index is 2.01. The molecule has 0 aromatic heterocycles. The second kappa shape index (κ2) is 4.73. The molecular weight excluding hydrogens is 220 g/mol. The highest BCUT2D eigenvalue weighted by Crippen LogP contribution is 2.40. The molecular formula is C14H19F2N. The van der Waals surface area contributed by atoms with Crippen LogP contribution in [0.1, 0.15) is 42.9 Å². The lowest BCUT2D eigenvalue weighted by molar-refractivity contribution is -0.0483. The minimum absolute atomic E-state index is 0.0166. The molecule has 1 aliphatic carbocycles. The Labute approximate surface area is 101 Å². The Bertz CT molecular complexity index is 362. The molecule has 0 saturated heterocycles. The molecule has 94 valence electrons. The predicted molar refractivity (Wildman–Crippen MR) is 65.0 cm³/mol. The molecule has 0 radical (unpaired) electrons. The summed E-state index contributed by atoms with van der Waals surface area (Å²) in [6, 6.07) is 7.95. The third-order valence-corrected chi connectivity index (χ3v) is 3.73. The summed E-state index contributed by atoms with van der Waals surface area (Å²) in [5.74, 6) is -2.28. The van der Waals surface area contributed by atoms with Gasteiger partial charge in [0.15, 0.2) is 0 Å². The fourth-order valence-electron chi connectivity index (χ4n) is 2.48. The van der Waals surface area contributed by atoms with E-state index in [1.54, 1.807) is 0 Å². The van der Waals surface area contributed by atoms with Crippen molar-refractivity contribution in [3.63, 3.8) is 0 Å². The normalized spacial score (nSPS) is 22.4. The predicted octanol–water partition coefficient (Wildman–Crippen LogP) is 3.82. The van der Waals surface area contributed by atoms with Gasteiger partial charge in [-0.1, -0.05) is 29.8 Å². The lowest BCUT2D eigenvalue weighted by Gasteiger charge is -2.32. The molecule has 1 unspecified atom stereocenters. The van der Waals surface area contributed by atoms with E-state index in [-0.39, 0.29) is 24.8 Å². The minimum Gasteiger partial charge on any atom is -0.324 e. The Hall–Kier alpha value is -0.960. The molecule has 1 nitrogen and oxygen atoms in total. The zero-order chi connectivity index (χ0) is 12.5. The first-order chi connectivity index (χ1) is 7.98. The Morgan fingerprint density at radius 3 is 2.24 bits per heavy atom. The van der Waals surface area contributed by atoms with Crippen LogP contribution in [0.4, 0.5) is 8.78 Å². The van der Waals surface area contributed by atoms with E-state index < -0.39 is 5.92 Å². The lowest BCUT2D eigenvalue weighted by atomic mass is 9.80. The number of alkyl halides is 2. The molecule has 0 heterocycles. The van der Waals surface area contributed by atoms with E-state index >= 15 is 0 Å². The van der Waals surface area contributed by atoms with Gasteiger partial charge in [0.25, 0.3) is 0 Å². The van der Waals surface area contributed by atoms with Crippen LogP contribution in [0.15, 0.2) is 24.3 Å². The smallest absolute Gasteiger partial charge is 0.248 e. The van der Waals surface area contributed by atoms with E-state index in [1.807, 2.05) is 31.2 Å². The number of benzene rings is 1. The highest BCUT2D eigenvalue weighted by atomic mass is 19.3. The van der Waals surface area contributed by atoms with Crippen LogP contribution in [0.25, 0.3) is 0 Å². The van der Waals surface area contributed by atoms with Crippen LogP contribution in [0.5, 0.6) is 0 Å². The standard InChI is InChI=1S/C14H19F2N/c1-10-2-4-11(5-3-10)13(17)12-6-8-14(15,16)9-7-12/h2-5,12-13H,6-9,17H2,1H3. The summed E-state index contributed by atoms with van der Waals surface area (Å²) in [5, 5.41) is 0. The molecule has 1 aromatic carbocycles. The summed E-state index contributed by atoms with van der Waals surface area (Å²) in [6.45, 7) is 2.02. The molecule has 0 aliphatic heterocycles. The molecule has 0 bridgehead atoms. The van der Waals surface area contributed by atoms with Gasteiger partial charge < -0.3 is 5.73 Å². The molecule has 1 atom stereocenters. The first-order valence-corrected chi connectivity index (χ1v) is 6.18. The van der Waals surface area contributed by atoms with Crippen molar-refractivity contribution in [3.8, 4) is 0 Å². The van der Waals surface area contributed by atoms with Crippen molar-refractivity contribution in [2.24, 2.45) is 11.7 Å². The SMILES string of the molecule is Cc1ccc(C(N)C2CCC(F)(F)CC2)cc1. The van der Waals surface area contributed by atoms with E-state index in [0.29, 0.717) is 12.8 Å². The molecule has 1 aromatic rings. The molecule has 17 heavy (non-hydrogen) atoms. The fourth-order valence-corrected chi connectivity index (χ4v) is 2.48. The average Bonchev–Trinajstić information content (AvgIpc) is 2.29. The van der Waals surface area contributed by atoms with Gasteiger partial charge in [-0.05, 0) is 31.2 Å². The lowest BCUT2D eigenvalue weighted by Crippen LogP contribution is -2.30. The van der Waals surface area contributed by atoms with Crippen LogP contribution in [-0.4, -0.2) is 5.92 Å². The van der Waals surface area contributed by atoms with Gasteiger partial charge in [-0.25, -0.2) is 8.78 Å². The minimum atomic E-state index is -2.47. The average molecular weight is 239 g/mol. The van der Waals surface area contributed by atoms with Gasteiger partial charge in [0.05, 0.1) is 0 Å². The van der Waals surface area contributed by atoms with Crippen molar-refractivity contribution in [1.82, 2.24) is 0 Å². The van der Waals surface area contributed by atoms with Crippen LogP contribution in [-0.2, 0) is 0 Å². The van der Waals surface area contributed by atoms with Crippen molar-refractivity contribution in [1.29, 1.82) is 0 Å². The van der Waals surface area contributed by atoms with E-state index in [2.05, 4.69) is 0 Å². The number of hydrogen-bond acceptors (Lipinski definition) is 1. The van der Waals surface area contributed by atoms with Gasteiger partial charge in [-0.3, -0.25) is 0 Å². The van der Waals surface area contributed by atoms with Crippen LogP contribution >= 0.6 is 0 Å². The van der Waals surface area contributed by atoms with Gasteiger partial charge in [0, 0.05) is 18.9 Å². The van der Waals surface area contributed by atoms with Crippen molar-refractivity contribution < 1.29 is 8.78 Å². The maximum Gasteiger partial charge on any atom is 0.248 e. The van der Waals surface area contributed by atoms with Crippen molar-refractivity contribution in [3.05, 3.63) is 35.4 Å². The van der Waals surface area contributed by atoms with Gasteiger partial charge in [-0.15, -0.1) is 0 Å². The van der Waals surface area contributed by atoms with Gasteiger partial charge in [-0.2, -0.15) is 0 Å². The van der Waals surface area contributed by atoms with E-state index in [4.69, 9.17) is 5.73 Å². The third kappa shape index (κ3) is 3.03. The number of hydrogen-bond donors (Lipinski definition) is 1. The summed E-state index contributed by atoms with van der Waals surface area (Å²) in [6.07, 6.45) is 1.03. The zero-order valence-electron chi connectivity index (χ0n) is 10.1.